The lowest BCUT2D eigenvalue weighted by molar-refractivity contribution is -0.146. The van der Waals surface area contributed by atoms with Crippen LogP contribution in [0.4, 0.5) is 5.69 Å². The average Bonchev–Trinajstić information content (AvgIpc) is 3.24. The van der Waals surface area contributed by atoms with Gasteiger partial charge in [0.1, 0.15) is 5.58 Å². The molecule has 0 bridgehead atoms. The molecule has 0 aliphatic carbocycles. The number of rotatable bonds is 7. The van der Waals surface area contributed by atoms with Crippen LogP contribution >= 0.6 is 0 Å². The second-order valence-electron chi connectivity index (χ2n) is 8.07. The zero-order valence-electron chi connectivity index (χ0n) is 19.0. The predicted molar refractivity (Wildman–Crippen MR) is 125 cm³/mol. The molecule has 2 heterocycles. The number of amides is 1. The van der Waals surface area contributed by atoms with Gasteiger partial charge in [0.25, 0.3) is 5.91 Å². The molecule has 0 radical (unpaired) electrons. The molecule has 0 spiro atoms. The summed E-state index contributed by atoms with van der Waals surface area (Å²) in [4.78, 5) is 24.6. The highest BCUT2D eigenvalue weighted by Gasteiger charge is 2.26. The van der Waals surface area contributed by atoms with Crippen LogP contribution in [0.5, 0.6) is 0 Å². The van der Waals surface area contributed by atoms with Crippen LogP contribution in [0.1, 0.15) is 16.7 Å². The maximum Gasteiger partial charge on any atom is 0.310 e. The SMILES string of the molecule is Cc1ccc2c(CC(=O)OCC(=O)Nc3ccc(S(=O)(=O)N4CCOCC4)cc3)coc2c1C. The molecule has 1 aromatic heterocycles. The molecule has 10 heteroatoms. The number of carbonyl (C=O) groups excluding carboxylic acids is 2. The van der Waals surface area contributed by atoms with Gasteiger partial charge in [-0.1, -0.05) is 12.1 Å². The minimum absolute atomic E-state index is 0.0170. The Bertz CT molecular complexity index is 1310. The van der Waals surface area contributed by atoms with Crippen LogP contribution in [-0.4, -0.2) is 57.5 Å². The molecule has 0 unspecified atom stereocenters. The monoisotopic (exact) mass is 486 g/mol. The van der Waals surface area contributed by atoms with Gasteiger partial charge in [-0.2, -0.15) is 4.31 Å². The number of hydrogen-bond donors (Lipinski definition) is 1. The first kappa shape index (κ1) is 23.9. The quantitative estimate of drug-likeness (QED) is 0.511. The summed E-state index contributed by atoms with van der Waals surface area (Å²) >= 11 is 0. The van der Waals surface area contributed by atoms with Gasteiger partial charge in [-0.15, -0.1) is 0 Å². The van der Waals surface area contributed by atoms with Gasteiger partial charge in [0.2, 0.25) is 10.0 Å². The number of carbonyl (C=O) groups is 2. The van der Waals surface area contributed by atoms with Crippen molar-refractivity contribution in [3.8, 4) is 0 Å². The Hall–Kier alpha value is -3.21. The zero-order chi connectivity index (χ0) is 24.3. The van der Waals surface area contributed by atoms with Gasteiger partial charge in [-0.05, 0) is 49.2 Å². The molecular formula is C24H26N2O7S. The number of hydrogen-bond acceptors (Lipinski definition) is 7. The fourth-order valence-electron chi connectivity index (χ4n) is 3.72. The van der Waals surface area contributed by atoms with Crippen molar-refractivity contribution >= 4 is 38.6 Å². The first-order valence-electron chi connectivity index (χ1n) is 10.9. The van der Waals surface area contributed by atoms with E-state index in [2.05, 4.69) is 5.32 Å². The van der Waals surface area contributed by atoms with Gasteiger partial charge < -0.3 is 19.2 Å². The van der Waals surface area contributed by atoms with Gasteiger partial charge in [-0.3, -0.25) is 9.59 Å². The van der Waals surface area contributed by atoms with E-state index < -0.39 is 28.5 Å². The predicted octanol–water partition coefficient (Wildman–Crippen LogP) is 2.79. The number of nitrogens with one attached hydrogen (secondary N) is 1. The molecule has 4 rings (SSSR count). The van der Waals surface area contributed by atoms with Crippen molar-refractivity contribution in [1.29, 1.82) is 0 Å². The van der Waals surface area contributed by atoms with Crippen LogP contribution in [0.2, 0.25) is 0 Å². The molecule has 1 amide bonds. The van der Waals surface area contributed by atoms with Crippen molar-refractivity contribution < 1.29 is 31.9 Å². The van der Waals surface area contributed by atoms with E-state index in [1.54, 1.807) is 0 Å². The first-order chi connectivity index (χ1) is 16.3. The molecule has 1 aliphatic heterocycles. The van der Waals surface area contributed by atoms with E-state index in [9.17, 15) is 18.0 Å². The second kappa shape index (κ2) is 9.96. The lowest BCUT2D eigenvalue weighted by Crippen LogP contribution is -2.40. The molecule has 34 heavy (non-hydrogen) atoms. The number of morpholine rings is 1. The van der Waals surface area contributed by atoms with Gasteiger partial charge in [0, 0.05) is 29.7 Å². The molecule has 1 N–H and O–H groups in total. The highest BCUT2D eigenvalue weighted by Crippen LogP contribution is 2.27. The molecular weight excluding hydrogens is 460 g/mol. The highest BCUT2D eigenvalue weighted by molar-refractivity contribution is 7.89. The molecule has 0 atom stereocenters. The maximum atomic E-state index is 12.7. The van der Waals surface area contributed by atoms with Crippen LogP contribution in [0, 0.1) is 13.8 Å². The highest BCUT2D eigenvalue weighted by atomic mass is 32.2. The number of anilines is 1. The Labute approximate surface area is 197 Å². The summed E-state index contributed by atoms with van der Waals surface area (Å²) < 4.78 is 42.6. The van der Waals surface area contributed by atoms with Crippen molar-refractivity contribution in [2.24, 2.45) is 0 Å². The van der Waals surface area contributed by atoms with Crippen LogP contribution in [0.15, 0.2) is 52.0 Å². The standard InChI is InChI=1S/C24H26N2O7S/c1-16-3-8-21-18(14-33-24(21)17(16)2)13-23(28)32-15-22(27)25-19-4-6-20(7-5-19)34(29,30)26-9-11-31-12-10-26/h3-8,14H,9-13,15H2,1-2H3,(H,25,27). The van der Waals surface area contributed by atoms with Crippen molar-refractivity contribution in [2.75, 3.05) is 38.2 Å². The van der Waals surface area contributed by atoms with Gasteiger partial charge >= 0.3 is 5.97 Å². The molecule has 0 saturated carbocycles. The Balaban J connectivity index is 1.30. The summed E-state index contributed by atoms with van der Waals surface area (Å²) in [6.07, 6.45) is 1.52. The third-order valence-corrected chi connectivity index (χ3v) is 7.70. The number of ether oxygens (including phenoxy) is 2. The van der Waals surface area contributed by atoms with Gasteiger partial charge in [0.05, 0.1) is 30.8 Å². The van der Waals surface area contributed by atoms with Crippen LogP contribution < -0.4 is 5.32 Å². The number of sulfonamides is 1. The fraction of sp³-hybridized carbons (Fsp3) is 0.333. The maximum absolute atomic E-state index is 12.7. The number of aryl methyl sites for hydroxylation is 2. The zero-order valence-corrected chi connectivity index (χ0v) is 19.8. The van der Waals surface area contributed by atoms with E-state index in [0.717, 1.165) is 22.1 Å². The Morgan fingerprint density at radius 2 is 1.76 bits per heavy atom. The lowest BCUT2D eigenvalue weighted by atomic mass is 10.0. The number of esters is 1. The third-order valence-electron chi connectivity index (χ3n) is 5.79. The minimum atomic E-state index is -3.61. The van der Waals surface area contributed by atoms with Crippen LogP contribution in [0.3, 0.4) is 0 Å². The van der Waals surface area contributed by atoms with Crippen molar-refractivity contribution in [3.63, 3.8) is 0 Å². The molecule has 1 fully saturated rings. The molecule has 3 aromatic rings. The molecule has 1 saturated heterocycles. The number of furan rings is 1. The minimum Gasteiger partial charge on any atom is -0.464 e. The number of fused-ring (bicyclic) bond motifs is 1. The van der Waals surface area contributed by atoms with Crippen molar-refractivity contribution in [2.45, 2.75) is 25.2 Å². The smallest absolute Gasteiger partial charge is 0.310 e. The van der Waals surface area contributed by atoms with Crippen molar-refractivity contribution in [3.05, 3.63) is 59.4 Å². The summed E-state index contributed by atoms with van der Waals surface area (Å²) in [6, 6.07) is 9.72. The van der Waals surface area contributed by atoms with E-state index >= 15 is 0 Å². The fourth-order valence-corrected chi connectivity index (χ4v) is 5.13. The van der Waals surface area contributed by atoms with Gasteiger partial charge in [-0.25, -0.2) is 8.42 Å². The van der Waals surface area contributed by atoms with Crippen LogP contribution in [-0.2, 0) is 35.5 Å². The summed E-state index contributed by atoms with van der Waals surface area (Å²) in [6.45, 7) is 4.82. The van der Waals surface area contributed by atoms with Gasteiger partial charge in [0.15, 0.2) is 6.61 Å². The van der Waals surface area contributed by atoms with E-state index in [1.807, 2.05) is 26.0 Å². The molecule has 1 aliphatic rings. The van der Waals surface area contributed by atoms with Crippen LogP contribution in [0.25, 0.3) is 11.0 Å². The van der Waals surface area contributed by atoms with E-state index in [4.69, 9.17) is 13.9 Å². The van der Waals surface area contributed by atoms with E-state index in [0.29, 0.717) is 37.6 Å². The summed E-state index contributed by atoms with van der Waals surface area (Å²) in [5.41, 5.74) is 3.94. The molecule has 180 valence electrons. The number of benzene rings is 2. The Morgan fingerprint density at radius 3 is 2.47 bits per heavy atom. The van der Waals surface area contributed by atoms with E-state index in [-0.39, 0.29) is 11.3 Å². The number of nitrogens with zero attached hydrogens (tertiary/aromatic N) is 1. The molecule has 9 nitrogen and oxygen atoms in total. The topological polar surface area (TPSA) is 115 Å². The molecule has 2 aromatic carbocycles. The summed E-state index contributed by atoms with van der Waals surface area (Å²) in [5.74, 6) is -1.08. The van der Waals surface area contributed by atoms with Crippen molar-refractivity contribution in [1.82, 2.24) is 4.31 Å². The first-order valence-corrected chi connectivity index (χ1v) is 12.3. The normalized spacial score (nSPS) is 14.8. The second-order valence-corrected chi connectivity index (χ2v) is 10.0. The average molecular weight is 487 g/mol. The summed E-state index contributed by atoms with van der Waals surface area (Å²) in [7, 11) is -3.61. The lowest BCUT2D eigenvalue weighted by Gasteiger charge is -2.26. The Kier molecular flexibility index (Phi) is 7.01. The third kappa shape index (κ3) is 5.14. The Morgan fingerprint density at radius 1 is 1.06 bits per heavy atom. The summed E-state index contributed by atoms with van der Waals surface area (Å²) in [5, 5.41) is 3.44. The van der Waals surface area contributed by atoms with E-state index in [1.165, 1.54) is 34.8 Å². The largest absolute Gasteiger partial charge is 0.464 e.